The van der Waals surface area contributed by atoms with Crippen LogP contribution in [-0.4, -0.2) is 141 Å². The summed E-state index contributed by atoms with van der Waals surface area (Å²) in [6, 6.07) is 0. The van der Waals surface area contributed by atoms with Gasteiger partial charge in [0.1, 0.15) is 17.3 Å². The molecule has 0 fully saturated rings. The summed E-state index contributed by atoms with van der Waals surface area (Å²) in [5.41, 5.74) is 0. The van der Waals surface area contributed by atoms with E-state index in [2.05, 4.69) is 17.8 Å². The Morgan fingerprint density at radius 2 is 0.580 bits per heavy atom. The van der Waals surface area contributed by atoms with Gasteiger partial charge in [-0.25, -0.2) is 12.7 Å². The summed E-state index contributed by atoms with van der Waals surface area (Å²) in [5, 5.41) is 0. The fraction of sp³-hybridized carbons (Fsp3) is 0.781. The predicted molar refractivity (Wildman–Crippen MR) is 208 cm³/mol. The van der Waals surface area contributed by atoms with Crippen LogP contribution in [0.25, 0.3) is 0 Å². The Bertz CT molecular complexity index is 746. The van der Waals surface area contributed by atoms with Gasteiger partial charge < -0.3 is 33.7 Å². The summed E-state index contributed by atoms with van der Waals surface area (Å²) >= 11 is -2.32. The normalized spacial score (nSPS) is 8.48. The Hall–Kier alpha value is -2.93. The van der Waals surface area contributed by atoms with Crippen LogP contribution in [0.1, 0.15) is 97.9 Å². The van der Waals surface area contributed by atoms with Crippen LogP contribution < -0.4 is 0 Å². The molecule has 0 aromatic rings. The van der Waals surface area contributed by atoms with Crippen molar-refractivity contribution < 1.29 is 59.8 Å². The van der Waals surface area contributed by atoms with E-state index >= 15 is 0 Å². The molecule has 0 spiro atoms. The number of hydrogen-bond donors (Lipinski definition) is 0. The zero-order valence-electron chi connectivity index (χ0n) is 34.0. The molecule has 50 heavy (non-hydrogen) atoms. The average molecular weight is 776 g/mol. The van der Waals surface area contributed by atoms with Crippen molar-refractivity contribution in [3.63, 3.8) is 0 Å². The average Bonchev–Trinajstić information content (AvgIpc) is 2.94. The third-order valence-corrected chi connectivity index (χ3v) is 3.86. The van der Waals surface area contributed by atoms with Gasteiger partial charge in [-0.15, -0.1) is 0 Å². The number of rotatable bonds is 3. The van der Waals surface area contributed by atoms with Crippen molar-refractivity contribution in [3.8, 4) is 0 Å². The Morgan fingerprint density at radius 3 is 0.580 bits per heavy atom. The molecular formula is C32H77N3O13S2. The number of Topliss-reactive ketones (excluding diaryl/α,β-unsaturated/α-hetero) is 3. The van der Waals surface area contributed by atoms with Crippen LogP contribution in [0, 0.1) is 0 Å². The highest BCUT2D eigenvalue weighted by atomic mass is 32.2. The third kappa shape index (κ3) is 300. The monoisotopic (exact) mass is 775 g/mol. The van der Waals surface area contributed by atoms with Crippen molar-refractivity contribution in [1.29, 1.82) is 0 Å². The van der Waals surface area contributed by atoms with E-state index in [-0.39, 0.29) is 56.0 Å². The highest BCUT2D eigenvalue weighted by Crippen LogP contribution is 1.82. The SMILES string of the molecule is C.C.CC.CC(=O)N(C)C.CC(=O)N(C)C.CC(C)=O.CC(C)=O.CC(C)=O.COC(C)=O.COC(C)=O.COS(=O)N(C)C.COS(C)=O. The Kier molecular flexibility index (Phi) is 111. The van der Waals surface area contributed by atoms with Crippen LogP contribution in [0.15, 0.2) is 0 Å². The molecule has 0 saturated carbocycles. The van der Waals surface area contributed by atoms with Crippen molar-refractivity contribution >= 4 is 63.4 Å². The molecule has 0 aliphatic heterocycles. The smallest absolute Gasteiger partial charge is 0.302 e. The Balaban J connectivity index is -0.0000000323. The number of amides is 2. The molecule has 0 aliphatic rings. The minimum absolute atomic E-state index is 0. The maximum absolute atomic E-state index is 10.3. The molecule has 2 atom stereocenters. The van der Waals surface area contributed by atoms with Crippen molar-refractivity contribution in [2.75, 3.05) is 77.0 Å². The topological polar surface area (TPSA) is 200 Å². The second kappa shape index (κ2) is 68.1. The van der Waals surface area contributed by atoms with Gasteiger partial charge >= 0.3 is 11.9 Å². The van der Waals surface area contributed by atoms with Gasteiger partial charge in [0, 0.05) is 76.2 Å². The van der Waals surface area contributed by atoms with Gasteiger partial charge in [-0.05, 0) is 41.5 Å². The number of carbonyl (C=O) groups excluding carboxylic acids is 7. The molecule has 0 aromatic carbocycles. The maximum Gasteiger partial charge on any atom is 0.302 e. The third-order valence-electron chi connectivity index (χ3n) is 2.51. The molecule has 0 bridgehead atoms. The van der Waals surface area contributed by atoms with E-state index in [9.17, 15) is 42.0 Å². The molecule has 0 aliphatic carbocycles. The zero-order valence-corrected chi connectivity index (χ0v) is 35.6. The highest BCUT2D eigenvalue weighted by molar-refractivity contribution is 7.79. The highest BCUT2D eigenvalue weighted by Gasteiger charge is 1.95. The van der Waals surface area contributed by atoms with Gasteiger partial charge in [0.05, 0.1) is 28.4 Å². The first-order valence-electron chi connectivity index (χ1n) is 13.9. The summed E-state index contributed by atoms with van der Waals surface area (Å²) in [6.07, 6.45) is 1.47. The lowest BCUT2D eigenvalue weighted by Crippen LogP contribution is -2.17. The first kappa shape index (κ1) is 81.2. The Labute approximate surface area is 311 Å². The van der Waals surface area contributed by atoms with E-state index < -0.39 is 22.3 Å². The van der Waals surface area contributed by atoms with Crippen LogP contribution in [0.3, 0.4) is 0 Å². The van der Waals surface area contributed by atoms with Gasteiger partial charge in [0.15, 0.2) is 11.1 Å². The number of ether oxygens (including phenoxy) is 2. The van der Waals surface area contributed by atoms with Gasteiger partial charge in [0.2, 0.25) is 23.1 Å². The standard InChI is InChI=1S/2C4H9NO.C3H9NO2S.2C3H6O2.3C3H6O.C2H6O2S.C2H6.2CH4/c2*1-4(6)5(2)3;1-4(2)7(5)6-3;2*1-3(4)5-2;3*1-3(2)4;1-4-5(2)3;1-2;;/h2*1-3H3;1-3H3;2*1-2H3;3*1-2H3;1-2H3;1-2H3;2*1H4. The quantitative estimate of drug-likeness (QED) is 0.367. The van der Waals surface area contributed by atoms with Crippen LogP contribution in [0.5, 0.6) is 0 Å². The second-order valence-corrected chi connectivity index (χ2v) is 11.3. The lowest BCUT2D eigenvalue weighted by molar-refractivity contribution is -0.138. The fourth-order valence-corrected chi connectivity index (χ4v) is 0.447. The number of ketones is 3. The zero-order chi connectivity index (χ0) is 41.8. The molecule has 0 heterocycles. The van der Waals surface area contributed by atoms with Crippen LogP contribution in [-0.2, 0) is 73.7 Å². The molecule has 0 saturated heterocycles. The lowest BCUT2D eigenvalue weighted by atomic mass is 10.6. The minimum Gasteiger partial charge on any atom is -0.469 e. The van der Waals surface area contributed by atoms with Gasteiger partial charge in [0.25, 0.3) is 0 Å². The molecular weight excluding hydrogens is 698 g/mol. The van der Waals surface area contributed by atoms with Crippen LogP contribution in [0.4, 0.5) is 0 Å². The van der Waals surface area contributed by atoms with Gasteiger partial charge in [-0.2, -0.15) is 0 Å². The molecule has 0 rings (SSSR count). The Morgan fingerprint density at radius 1 is 0.460 bits per heavy atom. The summed E-state index contributed by atoms with van der Waals surface area (Å²) in [7, 11) is 15.8. The number of esters is 2. The van der Waals surface area contributed by atoms with E-state index in [0.29, 0.717) is 0 Å². The van der Waals surface area contributed by atoms with Crippen molar-refractivity contribution in [1.82, 2.24) is 14.1 Å². The first-order valence-corrected chi connectivity index (χ1v) is 16.4. The largest absolute Gasteiger partial charge is 0.469 e. The number of hydrogen-bond acceptors (Lipinski definition) is 13. The van der Waals surface area contributed by atoms with E-state index in [1.165, 1.54) is 118 Å². The van der Waals surface area contributed by atoms with Crippen molar-refractivity contribution in [3.05, 3.63) is 0 Å². The molecule has 2 amide bonds. The van der Waals surface area contributed by atoms with Gasteiger partial charge in [-0.3, -0.25) is 27.5 Å². The number of methoxy groups -OCH3 is 2. The number of carbonyl (C=O) groups is 7. The molecule has 0 radical (unpaired) electrons. The van der Waals surface area contributed by atoms with Crippen molar-refractivity contribution in [2.45, 2.75) is 97.9 Å². The molecule has 18 heteroatoms. The van der Waals surface area contributed by atoms with Crippen LogP contribution in [0.2, 0.25) is 0 Å². The first-order chi connectivity index (χ1) is 21.5. The maximum atomic E-state index is 10.3. The molecule has 0 aromatic heterocycles. The molecule has 0 N–H and O–H groups in total. The molecule has 310 valence electrons. The van der Waals surface area contributed by atoms with Crippen LogP contribution >= 0.6 is 0 Å². The van der Waals surface area contributed by atoms with E-state index in [1.54, 1.807) is 42.3 Å². The summed E-state index contributed by atoms with van der Waals surface area (Å²) in [5.74, 6) is 0.194. The van der Waals surface area contributed by atoms with Crippen molar-refractivity contribution in [2.24, 2.45) is 0 Å². The second-order valence-electron chi connectivity index (χ2n) is 8.71. The van der Waals surface area contributed by atoms with E-state index in [1.807, 2.05) is 13.8 Å². The predicted octanol–water partition coefficient (Wildman–Crippen LogP) is 4.33. The lowest BCUT2D eigenvalue weighted by Gasteiger charge is -2.03. The minimum atomic E-state index is -1.25. The molecule has 2 unspecified atom stereocenters. The fourth-order valence-electron chi connectivity index (χ4n) is 0.149. The summed E-state index contributed by atoms with van der Waals surface area (Å²) < 4.78 is 38.4. The number of nitrogens with zero attached hydrogens (tertiary/aromatic N) is 3. The summed E-state index contributed by atoms with van der Waals surface area (Å²) in [4.78, 5) is 70.7. The van der Waals surface area contributed by atoms with E-state index in [4.69, 9.17) is 0 Å². The molecule has 16 nitrogen and oxygen atoms in total. The van der Waals surface area contributed by atoms with E-state index in [0.717, 1.165) is 0 Å². The van der Waals surface area contributed by atoms with Gasteiger partial charge in [-0.1, -0.05) is 28.7 Å². The summed E-state index contributed by atoms with van der Waals surface area (Å²) in [6.45, 7) is 18.9.